The van der Waals surface area contributed by atoms with Crippen LogP contribution in [-0.2, 0) is 0 Å². The standard InChI is InChI=1S/C24H18ClNO5/c1-29-21-10-7-15(12-22(21)30-2)23(27)26-16-8-9-17(19(25)13-16)18-11-14-5-3-4-6-20(14)31-24(18)28/h3-13H,1-2H3,(H,26,27). The van der Waals surface area contributed by atoms with Crippen LogP contribution in [0, 0.1) is 0 Å². The molecule has 31 heavy (non-hydrogen) atoms. The van der Waals surface area contributed by atoms with E-state index < -0.39 is 5.63 Å². The number of nitrogens with one attached hydrogen (secondary N) is 1. The summed E-state index contributed by atoms with van der Waals surface area (Å²) in [5.74, 6) is 0.641. The van der Waals surface area contributed by atoms with Crippen LogP contribution >= 0.6 is 11.6 Å². The van der Waals surface area contributed by atoms with E-state index in [1.54, 1.807) is 54.6 Å². The number of halogens is 1. The molecule has 0 aliphatic rings. The molecule has 0 spiro atoms. The van der Waals surface area contributed by atoms with Gasteiger partial charge in [-0.25, -0.2) is 4.79 Å². The lowest BCUT2D eigenvalue weighted by Gasteiger charge is -2.11. The van der Waals surface area contributed by atoms with Crippen molar-refractivity contribution < 1.29 is 18.7 Å². The van der Waals surface area contributed by atoms with Crippen LogP contribution in [0.2, 0.25) is 5.02 Å². The molecule has 0 aliphatic heterocycles. The molecule has 3 aromatic carbocycles. The van der Waals surface area contributed by atoms with E-state index in [0.29, 0.717) is 44.5 Å². The second kappa shape index (κ2) is 8.53. The molecule has 1 aromatic heterocycles. The summed E-state index contributed by atoms with van der Waals surface area (Å²) in [6.07, 6.45) is 0. The SMILES string of the molecule is COc1ccc(C(=O)Nc2ccc(-c3cc4ccccc4oc3=O)c(Cl)c2)cc1OC. The number of rotatable bonds is 5. The van der Waals surface area contributed by atoms with E-state index >= 15 is 0 Å². The number of carbonyl (C=O) groups excluding carboxylic acids is 1. The molecule has 0 aliphatic carbocycles. The smallest absolute Gasteiger partial charge is 0.344 e. The molecule has 4 aromatic rings. The van der Waals surface area contributed by atoms with Gasteiger partial charge in [-0.05, 0) is 42.5 Å². The fourth-order valence-corrected chi connectivity index (χ4v) is 3.52. The van der Waals surface area contributed by atoms with E-state index in [1.165, 1.54) is 14.2 Å². The molecule has 0 fully saturated rings. The maximum Gasteiger partial charge on any atom is 0.344 e. The van der Waals surface area contributed by atoms with Gasteiger partial charge in [0.25, 0.3) is 5.91 Å². The van der Waals surface area contributed by atoms with Crippen molar-refractivity contribution >= 4 is 34.2 Å². The summed E-state index contributed by atoms with van der Waals surface area (Å²) in [5, 5.41) is 3.89. The zero-order valence-corrected chi connectivity index (χ0v) is 17.5. The lowest BCUT2D eigenvalue weighted by Crippen LogP contribution is -2.12. The Kier molecular flexibility index (Phi) is 5.64. The molecule has 0 bridgehead atoms. The van der Waals surface area contributed by atoms with Crippen molar-refractivity contribution in [3.63, 3.8) is 0 Å². The maximum atomic E-state index is 12.6. The Morgan fingerprint density at radius 1 is 0.903 bits per heavy atom. The highest BCUT2D eigenvalue weighted by atomic mass is 35.5. The third-order valence-corrected chi connectivity index (χ3v) is 5.12. The number of para-hydroxylation sites is 1. The number of carbonyl (C=O) groups is 1. The summed E-state index contributed by atoms with van der Waals surface area (Å²) in [5.41, 5.74) is 1.77. The second-order valence-electron chi connectivity index (χ2n) is 6.70. The molecule has 0 saturated heterocycles. The zero-order chi connectivity index (χ0) is 22.0. The van der Waals surface area contributed by atoms with Crippen molar-refractivity contribution in [3.8, 4) is 22.6 Å². The minimum absolute atomic E-state index is 0.313. The Labute approximate surface area is 183 Å². The monoisotopic (exact) mass is 435 g/mol. The van der Waals surface area contributed by atoms with Gasteiger partial charge in [0.05, 0.1) is 24.8 Å². The summed E-state index contributed by atoms with van der Waals surface area (Å²) in [6.45, 7) is 0. The minimum atomic E-state index is -0.484. The molecular formula is C24H18ClNO5. The van der Waals surface area contributed by atoms with Gasteiger partial charge in [-0.3, -0.25) is 4.79 Å². The fraction of sp³-hybridized carbons (Fsp3) is 0.0833. The number of anilines is 1. The van der Waals surface area contributed by atoms with Crippen LogP contribution in [0.4, 0.5) is 5.69 Å². The van der Waals surface area contributed by atoms with Crippen molar-refractivity contribution in [3.05, 3.63) is 87.7 Å². The zero-order valence-electron chi connectivity index (χ0n) is 16.8. The van der Waals surface area contributed by atoms with Gasteiger partial charge in [0, 0.05) is 22.2 Å². The van der Waals surface area contributed by atoms with E-state index in [1.807, 2.05) is 12.1 Å². The van der Waals surface area contributed by atoms with Crippen LogP contribution in [0.15, 0.2) is 75.9 Å². The number of methoxy groups -OCH3 is 2. The van der Waals surface area contributed by atoms with Crippen LogP contribution in [0.5, 0.6) is 11.5 Å². The average Bonchev–Trinajstić information content (AvgIpc) is 2.78. The van der Waals surface area contributed by atoms with Crippen molar-refractivity contribution in [2.24, 2.45) is 0 Å². The van der Waals surface area contributed by atoms with Gasteiger partial charge in [0.15, 0.2) is 11.5 Å². The van der Waals surface area contributed by atoms with Crippen molar-refractivity contribution in [2.75, 3.05) is 19.5 Å². The summed E-state index contributed by atoms with van der Waals surface area (Å²) < 4.78 is 15.8. The molecule has 1 heterocycles. The molecule has 7 heteroatoms. The van der Waals surface area contributed by atoms with Gasteiger partial charge in [0.1, 0.15) is 5.58 Å². The molecule has 0 atom stereocenters. The lowest BCUT2D eigenvalue weighted by atomic mass is 10.1. The molecule has 1 amide bonds. The van der Waals surface area contributed by atoms with Gasteiger partial charge in [-0.15, -0.1) is 0 Å². The van der Waals surface area contributed by atoms with Gasteiger partial charge in [-0.2, -0.15) is 0 Å². The molecule has 0 unspecified atom stereocenters. The minimum Gasteiger partial charge on any atom is -0.493 e. The molecule has 1 N–H and O–H groups in total. The summed E-state index contributed by atoms with van der Waals surface area (Å²) in [6, 6.07) is 18.8. The highest BCUT2D eigenvalue weighted by molar-refractivity contribution is 6.33. The predicted molar refractivity (Wildman–Crippen MR) is 120 cm³/mol. The van der Waals surface area contributed by atoms with Crippen molar-refractivity contribution in [2.45, 2.75) is 0 Å². The highest BCUT2D eigenvalue weighted by Crippen LogP contribution is 2.31. The fourth-order valence-electron chi connectivity index (χ4n) is 3.24. The number of hydrogen-bond donors (Lipinski definition) is 1. The number of amides is 1. The van der Waals surface area contributed by atoms with Gasteiger partial charge < -0.3 is 19.2 Å². The van der Waals surface area contributed by atoms with E-state index in [-0.39, 0.29) is 5.91 Å². The quantitative estimate of drug-likeness (QED) is 0.425. The second-order valence-corrected chi connectivity index (χ2v) is 7.11. The Hall–Kier alpha value is -3.77. The third-order valence-electron chi connectivity index (χ3n) is 4.80. The average molecular weight is 436 g/mol. The van der Waals surface area contributed by atoms with Crippen LogP contribution in [-0.4, -0.2) is 20.1 Å². The predicted octanol–water partition coefficient (Wildman–Crippen LogP) is 5.38. The van der Waals surface area contributed by atoms with Crippen molar-refractivity contribution in [1.82, 2.24) is 0 Å². The van der Waals surface area contributed by atoms with E-state index in [2.05, 4.69) is 5.32 Å². The number of hydrogen-bond acceptors (Lipinski definition) is 5. The normalized spacial score (nSPS) is 10.7. The van der Waals surface area contributed by atoms with Gasteiger partial charge in [0.2, 0.25) is 0 Å². The van der Waals surface area contributed by atoms with Crippen LogP contribution < -0.4 is 20.4 Å². The number of benzene rings is 3. The summed E-state index contributed by atoms with van der Waals surface area (Å²) >= 11 is 6.44. The van der Waals surface area contributed by atoms with Crippen LogP contribution in [0.3, 0.4) is 0 Å². The molecule has 6 nitrogen and oxygen atoms in total. The molecular weight excluding hydrogens is 418 g/mol. The van der Waals surface area contributed by atoms with Crippen LogP contribution in [0.1, 0.15) is 10.4 Å². The molecule has 4 rings (SSSR count). The summed E-state index contributed by atoms with van der Waals surface area (Å²) in [4.78, 5) is 25.1. The molecule has 0 saturated carbocycles. The molecule has 156 valence electrons. The first kappa shape index (κ1) is 20.5. The Balaban J connectivity index is 1.62. The first-order chi connectivity index (χ1) is 15.0. The van der Waals surface area contributed by atoms with Gasteiger partial charge >= 0.3 is 5.63 Å². The maximum absolute atomic E-state index is 12.6. The lowest BCUT2D eigenvalue weighted by molar-refractivity contribution is 0.102. The van der Waals surface area contributed by atoms with E-state index in [0.717, 1.165) is 5.39 Å². The largest absolute Gasteiger partial charge is 0.493 e. The molecule has 0 radical (unpaired) electrons. The number of fused-ring (bicyclic) bond motifs is 1. The Bertz CT molecular complexity index is 1350. The van der Waals surface area contributed by atoms with Gasteiger partial charge in [-0.1, -0.05) is 35.9 Å². The van der Waals surface area contributed by atoms with Crippen LogP contribution in [0.25, 0.3) is 22.1 Å². The topological polar surface area (TPSA) is 77.8 Å². The first-order valence-corrected chi connectivity index (χ1v) is 9.74. The first-order valence-electron chi connectivity index (χ1n) is 9.36. The third kappa shape index (κ3) is 4.11. The van der Waals surface area contributed by atoms with E-state index in [9.17, 15) is 9.59 Å². The van der Waals surface area contributed by atoms with Crippen molar-refractivity contribution in [1.29, 1.82) is 0 Å². The Morgan fingerprint density at radius 2 is 1.68 bits per heavy atom. The summed E-state index contributed by atoms with van der Waals surface area (Å²) in [7, 11) is 3.03. The Morgan fingerprint density at radius 3 is 2.42 bits per heavy atom. The van der Waals surface area contributed by atoms with E-state index in [4.69, 9.17) is 25.5 Å². The number of ether oxygens (including phenoxy) is 2. The highest BCUT2D eigenvalue weighted by Gasteiger charge is 2.14.